The fourth-order valence-electron chi connectivity index (χ4n) is 2.26. The average molecular weight is 375 g/mol. The van der Waals surface area contributed by atoms with Gasteiger partial charge in [-0.1, -0.05) is 0 Å². The molecule has 6 nitrogen and oxygen atoms in total. The Labute approximate surface area is 151 Å². The predicted molar refractivity (Wildman–Crippen MR) is 90.3 cm³/mol. The van der Waals surface area contributed by atoms with Crippen molar-refractivity contribution in [2.75, 3.05) is 10.6 Å². The number of nitrogens with zero attached hydrogens (tertiary/aromatic N) is 1. The van der Waals surface area contributed by atoms with E-state index in [2.05, 4.69) is 15.6 Å². The number of furan rings is 1. The van der Waals surface area contributed by atoms with E-state index in [1.54, 1.807) is 0 Å². The van der Waals surface area contributed by atoms with E-state index in [1.807, 2.05) is 0 Å². The van der Waals surface area contributed by atoms with Crippen LogP contribution in [0.15, 0.2) is 65.5 Å². The fourth-order valence-corrected chi connectivity index (χ4v) is 2.26. The van der Waals surface area contributed by atoms with Crippen LogP contribution in [0.1, 0.15) is 26.5 Å². The Kier molecular flexibility index (Phi) is 4.93. The molecular formula is C18H12F3N3O3. The second kappa shape index (κ2) is 7.32. The molecule has 0 aliphatic carbocycles. The van der Waals surface area contributed by atoms with E-state index in [-0.39, 0.29) is 17.0 Å². The number of aromatic nitrogens is 1. The van der Waals surface area contributed by atoms with Gasteiger partial charge in [-0.05, 0) is 42.5 Å². The number of halogens is 3. The van der Waals surface area contributed by atoms with E-state index >= 15 is 0 Å². The van der Waals surface area contributed by atoms with Crippen molar-refractivity contribution in [3.05, 3.63) is 78.0 Å². The van der Waals surface area contributed by atoms with Crippen molar-refractivity contribution >= 4 is 23.2 Å². The van der Waals surface area contributed by atoms with E-state index in [9.17, 15) is 22.8 Å². The molecule has 138 valence electrons. The molecule has 0 saturated carbocycles. The zero-order valence-electron chi connectivity index (χ0n) is 13.6. The first-order valence-electron chi connectivity index (χ1n) is 7.62. The molecule has 0 saturated heterocycles. The third kappa shape index (κ3) is 4.32. The smallest absolute Gasteiger partial charge is 0.418 e. The largest absolute Gasteiger partial charge is 0.459 e. The predicted octanol–water partition coefficient (Wildman–Crippen LogP) is 4.20. The van der Waals surface area contributed by atoms with E-state index < -0.39 is 29.2 Å². The van der Waals surface area contributed by atoms with Gasteiger partial charge in [0, 0.05) is 23.6 Å². The van der Waals surface area contributed by atoms with Crippen molar-refractivity contribution in [3.63, 3.8) is 0 Å². The second-order valence-corrected chi connectivity index (χ2v) is 5.38. The number of pyridine rings is 1. The van der Waals surface area contributed by atoms with Crippen LogP contribution in [0.2, 0.25) is 0 Å². The Bertz CT molecular complexity index is 955. The summed E-state index contributed by atoms with van der Waals surface area (Å²) in [5.41, 5.74) is -1.46. The molecule has 0 unspecified atom stereocenters. The lowest BCUT2D eigenvalue weighted by molar-refractivity contribution is -0.136. The zero-order chi connectivity index (χ0) is 19.4. The highest BCUT2D eigenvalue weighted by Crippen LogP contribution is 2.37. The minimum Gasteiger partial charge on any atom is -0.459 e. The molecule has 0 aliphatic rings. The summed E-state index contributed by atoms with van der Waals surface area (Å²) < 4.78 is 45.1. The number of nitrogens with one attached hydrogen (secondary N) is 2. The first-order valence-corrected chi connectivity index (χ1v) is 7.62. The molecule has 1 aromatic carbocycles. The molecule has 9 heteroatoms. The lowest BCUT2D eigenvalue weighted by Crippen LogP contribution is -2.18. The van der Waals surface area contributed by atoms with E-state index in [1.165, 1.54) is 49.0 Å². The lowest BCUT2D eigenvalue weighted by atomic mass is 10.1. The fraction of sp³-hybridized carbons (Fsp3) is 0.0556. The normalized spacial score (nSPS) is 11.1. The number of carbonyl (C=O) groups is 2. The topological polar surface area (TPSA) is 84.2 Å². The standard InChI is InChI=1S/C18H12F3N3O3/c19-18(20,21)13-10-12(23-17(26)15-2-1-9-27-15)3-4-14(13)24-16(25)11-5-7-22-8-6-11/h1-10H,(H,23,26)(H,24,25). The van der Waals surface area contributed by atoms with Crippen LogP contribution in [0.25, 0.3) is 0 Å². The number of alkyl halides is 3. The molecule has 3 aromatic rings. The Morgan fingerprint density at radius 2 is 1.70 bits per heavy atom. The number of hydrogen-bond acceptors (Lipinski definition) is 4. The van der Waals surface area contributed by atoms with Gasteiger partial charge in [-0.2, -0.15) is 13.2 Å². The molecule has 0 bridgehead atoms. The second-order valence-electron chi connectivity index (χ2n) is 5.38. The minimum atomic E-state index is -4.74. The van der Waals surface area contributed by atoms with Crippen molar-refractivity contribution in [2.45, 2.75) is 6.18 Å². The molecule has 0 spiro atoms. The maximum absolute atomic E-state index is 13.4. The SMILES string of the molecule is O=C(Nc1ccc(NC(=O)c2ccco2)cc1C(F)(F)F)c1ccncc1. The summed E-state index contributed by atoms with van der Waals surface area (Å²) in [7, 11) is 0. The summed E-state index contributed by atoms with van der Waals surface area (Å²) in [5, 5.41) is 4.54. The summed E-state index contributed by atoms with van der Waals surface area (Å²) in [6.07, 6.45) is -0.764. The van der Waals surface area contributed by atoms with Crippen LogP contribution in [-0.4, -0.2) is 16.8 Å². The molecule has 0 fully saturated rings. The third-order valence-corrected chi connectivity index (χ3v) is 3.52. The van der Waals surface area contributed by atoms with Crippen molar-refractivity contribution in [2.24, 2.45) is 0 Å². The number of hydrogen-bond donors (Lipinski definition) is 2. The Hall–Kier alpha value is -3.62. The monoisotopic (exact) mass is 375 g/mol. The molecule has 27 heavy (non-hydrogen) atoms. The van der Waals surface area contributed by atoms with Crippen LogP contribution in [0, 0.1) is 0 Å². The zero-order valence-corrected chi connectivity index (χ0v) is 13.6. The van der Waals surface area contributed by atoms with Gasteiger partial charge in [0.1, 0.15) is 0 Å². The summed E-state index contributed by atoms with van der Waals surface area (Å²) in [5.74, 6) is -1.45. The van der Waals surface area contributed by atoms with Crippen LogP contribution >= 0.6 is 0 Å². The number of carbonyl (C=O) groups excluding carboxylic acids is 2. The molecule has 3 rings (SSSR count). The molecule has 0 atom stereocenters. The van der Waals surface area contributed by atoms with E-state index in [0.717, 1.165) is 12.1 Å². The summed E-state index contributed by atoms with van der Waals surface area (Å²) >= 11 is 0. The molecule has 2 aromatic heterocycles. The van der Waals surface area contributed by atoms with Gasteiger partial charge < -0.3 is 15.1 Å². The van der Waals surface area contributed by atoms with Crippen LogP contribution in [0.5, 0.6) is 0 Å². The number of benzene rings is 1. The van der Waals surface area contributed by atoms with Crippen LogP contribution in [-0.2, 0) is 6.18 Å². The summed E-state index contributed by atoms with van der Waals surface area (Å²) in [4.78, 5) is 27.8. The van der Waals surface area contributed by atoms with Gasteiger partial charge >= 0.3 is 6.18 Å². The van der Waals surface area contributed by atoms with Gasteiger partial charge in [-0.25, -0.2) is 0 Å². The van der Waals surface area contributed by atoms with E-state index in [0.29, 0.717) is 0 Å². The van der Waals surface area contributed by atoms with Crippen molar-refractivity contribution in [1.82, 2.24) is 4.98 Å². The maximum atomic E-state index is 13.4. The molecule has 2 heterocycles. The molecule has 0 aliphatic heterocycles. The number of amides is 2. The first kappa shape index (κ1) is 18.2. The lowest BCUT2D eigenvalue weighted by Gasteiger charge is -2.15. The third-order valence-electron chi connectivity index (χ3n) is 3.52. The Morgan fingerprint density at radius 3 is 2.33 bits per heavy atom. The quantitative estimate of drug-likeness (QED) is 0.716. The number of anilines is 2. The molecule has 2 N–H and O–H groups in total. The minimum absolute atomic E-state index is 0.0429. The first-order chi connectivity index (χ1) is 12.8. The van der Waals surface area contributed by atoms with Gasteiger partial charge in [0.2, 0.25) is 0 Å². The summed E-state index contributed by atoms with van der Waals surface area (Å²) in [6.45, 7) is 0. The highest BCUT2D eigenvalue weighted by atomic mass is 19.4. The highest BCUT2D eigenvalue weighted by molar-refractivity contribution is 6.05. The number of rotatable bonds is 4. The van der Waals surface area contributed by atoms with Crippen molar-refractivity contribution in [1.29, 1.82) is 0 Å². The van der Waals surface area contributed by atoms with Crippen LogP contribution < -0.4 is 10.6 Å². The maximum Gasteiger partial charge on any atom is 0.418 e. The molecular weight excluding hydrogens is 363 g/mol. The van der Waals surface area contributed by atoms with Crippen LogP contribution in [0.4, 0.5) is 24.5 Å². The van der Waals surface area contributed by atoms with Gasteiger partial charge in [-0.3, -0.25) is 14.6 Å². The molecule has 0 radical (unpaired) electrons. The highest BCUT2D eigenvalue weighted by Gasteiger charge is 2.34. The van der Waals surface area contributed by atoms with Gasteiger partial charge in [-0.15, -0.1) is 0 Å². The molecule has 2 amide bonds. The van der Waals surface area contributed by atoms with Crippen molar-refractivity contribution < 1.29 is 27.2 Å². The van der Waals surface area contributed by atoms with Crippen LogP contribution in [0.3, 0.4) is 0 Å². The van der Waals surface area contributed by atoms with Gasteiger partial charge in [0.05, 0.1) is 17.5 Å². The Morgan fingerprint density at radius 1 is 0.963 bits per heavy atom. The van der Waals surface area contributed by atoms with Gasteiger partial charge in [0.15, 0.2) is 5.76 Å². The summed E-state index contributed by atoms with van der Waals surface area (Å²) in [6, 6.07) is 8.67. The average Bonchev–Trinajstić information content (AvgIpc) is 3.17. The van der Waals surface area contributed by atoms with Gasteiger partial charge in [0.25, 0.3) is 11.8 Å². The van der Waals surface area contributed by atoms with Crippen molar-refractivity contribution in [3.8, 4) is 0 Å². The Balaban J connectivity index is 1.86. The van der Waals surface area contributed by atoms with E-state index in [4.69, 9.17) is 4.42 Å².